The summed E-state index contributed by atoms with van der Waals surface area (Å²) in [6.07, 6.45) is 0.521. The highest BCUT2D eigenvalue weighted by atomic mass is 79.9. The molecule has 4 nitrogen and oxygen atoms in total. The fraction of sp³-hybridized carbons (Fsp3) is 0.333. The number of rotatable bonds is 5. The van der Waals surface area contributed by atoms with E-state index in [1.807, 2.05) is 6.07 Å². The minimum Gasteiger partial charge on any atom is -0.481 e. The molecule has 0 saturated heterocycles. The van der Waals surface area contributed by atoms with Crippen LogP contribution in [0.15, 0.2) is 22.7 Å². The number of anilines is 1. The molecule has 1 atom stereocenters. The van der Waals surface area contributed by atoms with Crippen LogP contribution in [-0.2, 0) is 4.79 Å². The van der Waals surface area contributed by atoms with E-state index < -0.39 is 5.97 Å². The van der Waals surface area contributed by atoms with Crippen molar-refractivity contribution in [1.82, 2.24) is 0 Å². The maximum atomic E-state index is 10.6. The summed E-state index contributed by atoms with van der Waals surface area (Å²) in [5.74, 6) is -1.19. The second kappa shape index (κ2) is 6.26. The molecule has 0 amide bonds. The van der Waals surface area contributed by atoms with Crippen LogP contribution in [0.2, 0.25) is 0 Å². The quantitative estimate of drug-likeness (QED) is 0.876. The van der Waals surface area contributed by atoms with Crippen molar-refractivity contribution >= 4 is 27.6 Å². The molecular weight excluding hydrogens is 284 g/mol. The third kappa shape index (κ3) is 4.08. The molecular formula is C12H13BrN2O2. The lowest BCUT2D eigenvalue weighted by atomic mass is 10.1. The maximum absolute atomic E-state index is 10.6. The first-order valence-electron chi connectivity index (χ1n) is 5.21. The summed E-state index contributed by atoms with van der Waals surface area (Å²) in [6, 6.07) is 7.40. The van der Waals surface area contributed by atoms with Gasteiger partial charge in [0.2, 0.25) is 0 Å². The van der Waals surface area contributed by atoms with Crippen LogP contribution in [0.25, 0.3) is 0 Å². The molecule has 0 heterocycles. The average Bonchev–Trinajstić information content (AvgIpc) is 2.29. The number of nitriles is 1. The van der Waals surface area contributed by atoms with E-state index in [4.69, 9.17) is 10.4 Å². The number of hydrogen-bond donors (Lipinski definition) is 2. The molecule has 0 bridgehead atoms. The van der Waals surface area contributed by atoms with Crippen molar-refractivity contribution in [2.75, 3.05) is 11.9 Å². The molecule has 5 heteroatoms. The van der Waals surface area contributed by atoms with Gasteiger partial charge in [-0.15, -0.1) is 0 Å². The number of aliphatic carboxylic acids is 1. The number of hydrogen-bond acceptors (Lipinski definition) is 3. The van der Waals surface area contributed by atoms with Gasteiger partial charge in [-0.3, -0.25) is 4.79 Å². The van der Waals surface area contributed by atoms with Crippen molar-refractivity contribution in [3.8, 4) is 6.07 Å². The van der Waals surface area contributed by atoms with E-state index in [1.165, 1.54) is 0 Å². The summed E-state index contributed by atoms with van der Waals surface area (Å²) >= 11 is 3.33. The number of nitrogens with one attached hydrogen (secondary N) is 1. The molecule has 0 aliphatic carbocycles. The second-order valence-corrected chi connectivity index (χ2v) is 4.67. The van der Waals surface area contributed by atoms with Crippen LogP contribution >= 0.6 is 15.9 Å². The largest absolute Gasteiger partial charge is 0.481 e. The molecule has 0 spiro atoms. The van der Waals surface area contributed by atoms with Crippen LogP contribution in [0, 0.1) is 17.2 Å². The van der Waals surface area contributed by atoms with Crippen LogP contribution in [0.1, 0.15) is 18.9 Å². The Bertz CT molecular complexity index is 454. The minimum atomic E-state index is -0.804. The van der Waals surface area contributed by atoms with Gasteiger partial charge in [0.1, 0.15) is 6.07 Å². The first-order valence-corrected chi connectivity index (χ1v) is 6.00. The summed E-state index contributed by atoms with van der Waals surface area (Å²) in [6.45, 7) is 2.19. The third-order valence-electron chi connectivity index (χ3n) is 2.42. The SMILES string of the molecule is CC(CCNc1cc(Br)ccc1C#N)C(=O)O. The molecule has 1 unspecified atom stereocenters. The molecule has 2 N–H and O–H groups in total. The zero-order valence-electron chi connectivity index (χ0n) is 9.40. The lowest BCUT2D eigenvalue weighted by molar-refractivity contribution is -0.141. The number of carbonyl (C=O) groups is 1. The Morgan fingerprint density at radius 3 is 2.94 bits per heavy atom. The summed E-state index contributed by atoms with van der Waals surface area (Å²) in [4.78, 5) is 10.6. The van der Waals surface area contributed by atoms with Crippen molar-refractivity contribution in [2.24, 2.45) is 5.92 Å². The fourth-order valence-electron chi connectivity index (χ4n) is 1.31. The van der Waals surface area contributed by atoms with Crippen LogP contribution in [0.5, 0.6) is 0 Å². The van der Waals surface area contributed by atoms with E-state index >= 15 is 0 Å². The molecule has 0 fully saturated rings. The van der Waals surface area contributed by atoms with E-state index in [0.29, 0.717) is 18.5 Å². The van der Waals surface area contributed by atoms with E-state index in [0.717, 1.165) is 10.2 Å². The Morgan fingerprint density at radius 2 is 2.35 bits per heavy atom. The van der Waals surface area contributed by atoms with Gasteiger partial charge in [-0.05, 0) is 24.6 Å². The maximum Gasteiger partial charge on any atom is 0.306 e. The van der Waals surface area contributed by atoms with Crippen molar-refractivity contribution in [2.45, 2.75) is 13.3 Å². The van der Waals surface area contributed by atoms with E-state index in [2.05, 4.69) is 27.3 Å². The number of carboxylic acids is 1. The molecule has 1 aromatic rings. The standard InChI is InChI=1S/C12H13BrN2O2/c1-8(12(16)17)4-5-15-11-6-10(13)3-2-9(11)7-14/h2-3,6,8,15H,4-5H2,1H3,(H,16,17). The average molecular weight is 297 g/mol. The smallest absolute Gasteiger partial charge is 0.306 e. The summed E-state index contributed by atoms with van der Waals surface area (Å²) < 4.78 is 0.880. The summed E-state index contributed by atoms with van der Waals surface area (Å²) in [5, 5.41) is 20.7. The van der Waals surface area contributed by atoms with Gasteiger partial charge in [-0.25, -0.2) is 0 Å². The lowest BCUT2D eigenvalue weighted by Crippen LogP contribution is -2.14. The first-order chi connectivity index (χ1) is 8.04. The molecule has 0 aromatic heterocycles. The molecule has 1 rings (SSSR count). The molecule has 90 valence electrons. The summed E-state index contributed by atoms with van der Waals surface area (Å²) in [7, 11) is 0. The highest BCUT2D eigenvalue weighted by Crippen LogP contribution is 2.21. The number of carboxylic acid groups (broad SMARTS) is 1. The second-order valence-electron chi connectivity index (χ2n) is 3.76. The van der Waals surface area contributed by atoms with Gasteiger partial charge < -0.3 is 10.4 Å². The van der Waals surface area contributed by atoms with Gasteiger partial charge >= 0.3 is 5.97 Å². The number of nitrogens with zero attached hydrogens (tertiary/aromatic N) is 1. The molecule has 0 saturated carbocycles. The van der Waals surface area contributed by atoms with E-state index in [-0.39, 0.29) is 5.92 Å². The molecule has 1 aromatic carbocycles. The zero-order chi connectivity index (χ0) is 12.8. The monoisotopic (exact) mass is 296 g/mol. The lowest BCUT2D eigenvalue weighted by Gasteiger charge is -2.10. The van der Waals surface area contributed by atoms with Crippen molar-refractivity contribution in [3.63, 3.8) is 0 Å². The Hall–Kier alpha value is -1.54. The Morgan fingerprint density at radius 1 is 1.65 bits per heavy atom. The van der Waals surface area contributed by atoms with Gasteiger partial charge in [0, 0.05) is 11.0 Å². The van der Waals surface area contributed by atoms with Gasteiger partial charge in [0.05, 0.1) is 17.2 Å². The topological polar surface area (TPSA) is 73.1 Å². The third-order valence-corrected chi connectivity index (χ3v) is 2.91. The fourth-order valence-corrected chi connectivity index (χ4v) is 1.67. The molecule has 17 heavy (non-hydrogen) atoms. The number of benzene rings is 1. The van der Waals surface area contributed by atoms with Crippen LogP contribution < -0.4 is 5.32 Å². The molecule has 0 aliphatic heterocycles. The highest BCUT2D eigenvalue weighted by Gasteiger charge is 2.10. The first kappa shape index (κ1) is 13.5. The predicted molar refractivity (Wildman–Crippen MR) is 68.8 cm³/mol. The van der Waals surface area contributed by atoms with Crippen LogP contribution in [0.3, 0.4) is 0 Å². The Balaban J connectivity index is 2.60. The molecule has 0 aliphatic rings. The Kier molecular flexibility index (Phi) is 4.98. The van der Waals surface area contributed by atoms with Crippen LogP contribution in [-0.4, -0.2) is 17.6 Å². The van der Waals surface area contributed by atoms with Crippen LogP contribution in [0.4, 0.5) is 5.69 Å². The van der Waals surface area contributed by atoms with Crippen molar-refractivity contribution in [1.29, 1.82) is 5.26 Å². The summed E-state index contributed by atoms with van der Waals surface area (Å²) in [5.41, 5.74) is 1.27. The van der Waals surface area contributed by atoms with Crippen molar-refractivity contribution < 1.29 is 9.90 Å². The van der Waals surface area contributed by atoms with E-state index in [1.54, 1.807) is 19.1 Å². The Labute approximate surface area is 108 Å². The van der Waals surface area contributed by atoms with Gasteiger partial charge in [-0.2, -0.15) is 5.26 Å². The van der Waals surface area contributed by atoms with Gasteiger partial charge in [0.25, 0.3) is 0 Å². The number of halogens is 1. The molecule has 0 radical (unpaired) electrons. The highest BCUT2D eigenvalue weighted by molar-refractivity contribution is 9.10. The normalized spacial score (nSPS) is 11.6. The van der Waals surface area contributed by atoms with Crippen molar-refractivity contribution in [3.05, 3.63) is 28.2 Å². The minimum absolute atomic E-state index is 0.389. The van der Waals surface area contributed by atoms with Gasteiger partial charge in [0.15, 0.2) is 0 Å². The van der Waals surface area contributed by atoms with Gasteiger partial charge in [-0.1, -0.05) is 22.9 Å². The zero-order valence-corrected chi connectivity index (χ0v) is 11.0. The van der Waals surface area contributed by atoms with E-state index in [9.17, 15) is 4.79 Å². The predicted octanol–water partition coefficient (Wildman–Crippen LogP) is 2.84.